The van der Waals surface area contributed by atoms with Gasteiger partial charge in [-0.25, -0.2) is 14.2 Å². The van der Waals surface area contributed by atoms with Crippen LogP contribution >= 0.6 is 0 Å². The number of aliphatic carboxylic acids is 1. The summed E-state index contributed by atoms with van der Waals surface area (Å²) in [5, 5.41) is 15.7. The number of nitrogens with one attached hydrogen (secondary N) is 2. The minimum Gasteiger partial charge on any atom is -0.480 e. The van der Waals surface area contributed by atoms with Gasteiger partial charge in [-0.2, -0.15) is 0 Å². The molecule has 0 spiro atoms. The minimum atomic E-state index is -1.01. The molecule has 0 saturated heterocycles. The molecular formula is C28H37FN4O3. The van der Waals surface area contributed by atoms with Crippen LogP contribution in [0.3, 0.4) is 0 Å². The average Bonchev–Trinajstić information content (AvgIpc) is 3.72. The van der Waals surface area contributed by atoms with E-state index in [4.69, 9.17) is 4.98 Å². The van der Waals surface area contributed by atoms with Gasteiger partial charge < -0.3 is 20.6 Å². The Balaban J connectivity index is 1.18. The summed E-state index contributed by atoms with van der Waals surface area (Å²) in [4.78, 5) is 31.3. The number of amides is 1. The van der Waals surface area contributed by atoms with Gasteiger partial charge in [0.2, 0.25) is 5.91 Å². The Bertz CT molecular complexity index is 1030. The molecule has 194 valence electrons. The molecule has 1 atom stereocenters. The van der Waals surface area contributed by atoms with Crippen molar-refractivity contribution in [1.29, 1.82) is 0 Å². The number of benzene rings is 1. The lowest BCUT2D eigenvalue weighted by Crippen LogP contribution is -2.43. The monoisotopic (exact) mass is 496 g/mol. The number of carbonyl (C=O) groups excluding carboxylic acids is 1. The van der Waals surface area contributed by atoms with Crippen molar-refractivity contribution in [1.82, 2.24) is 15.2 Å². The molecule has 2 aromatic rings. The van der Waals surface area contributed by atoms with Crippen LogP contribution in [0.2, 0.25) is 0 Å². The number of aromatic nitrogens is 1. The summed E-state index contributed by atoms with van der Waals surface area (Å²) >= 11 is 0. The van der Waals surface area contributed by atoms with Crippen molar-refractivity contribution < 1.29 is 19.1 Å². The summed E-state index contributed by atoms with van der Waals surface area (Å²) in [6.07, 6.45) is 8.57. The highest BCUT2D eigenvalue weighted by Gasteiger charge is 2.30. The molecule has 4 rings (SSSR count). The number of aryl methyl sites for hydroxylation is 3. The van der Waals surface area contributed by atoms with Crippen molar-refractivity contribution in [3.63, 3.8) is 0 Å². The standard InChI is InChI=1S/C28H37FN4O3/c29-22-10-6-20(7-11-22)8-15-26(34)32-25(28(35)36)16-19-33(24-13-14-24)18-2-1-5-23-12-9-21-4-3-17-30-27(21)31-23/h6-7,9-12,24-25H,1-5,8,13-19H2,(H,30,31)(H,32,34)(H,35,36)/t25-/m0/s1. The Kier molecular flexibility index (Phi) is 9.28. The van der Waals surface area contributed by atoms with Gasteiger partial charge in [-0.3, -0.25) is 4.79 Å². The third-order valence-corrected chi connectivity index (χ3v) is 7.04. The normalized spacial score (nSPS) is 15.7. The van der Waals surface area contributed by atoms with Crippen LogP contribution in [0.25, 0.3) is 0 Å². The van der Waals surface area contributed by atoms with E-state index in [1.807, 2.05) is 0 Å². The number of rotatable bonds is 14. The van der Waals surface area contributed by atoms with Crippen LogP contribution in [0, 0.1) is 5.82 Å². The van der Waals surface area contributed by atoms with E-state index in [1.54, 1.807) is 12.1 Å². The number of hydrogen-bond acceptors (Lipinski definition) is 5. The van der Waals surface area contributed by atoms with E-state index in [9.17, 15) is 19.1 Å². The maximum Gasteiger partial charge on any atom is 0.326 e. The van der Waals surface area contributed by atoms with Crippen molar-refractivity contribution in [2.24, 2.45) is 0 Å². The summed E-state index contributed by atoms with van der Waals surface area (Å²) in [6.45, 7) is 2.57. The number of unbranched alkanes of at least 4 members (excludes halogenated alkanes) is 1. The maximum absolute atomic E-state index is 13.0. The van der Waals surface area contributed by atoms with Gasteiger partial charge in [-0.05, 0) is 93.7 Å². The summed E-state index contributed by atoms with van der Waals surface area (Å²) in [7, 11) is 0. The zero-order valence-corrected chi connectivity index (χ0v) is 20.8. The van der Waals surface area contributed by atoms with Crippen molar-refractivity contribution in [2.45, 2.75) is 76.3 Å². The van der Waals surface area contributed by atoms with Gasteiger partial charge in [0.1, 0.15) is 17.7 Å². The Labute approximate surface area is 212 Å². The average molecular weight is 497 g/mol. The highest BCUT2D eigenvalue weighted by atomic mass is 19.1. The van der Waals surface area contributed by atoms with Crippen LogP contribution in [-0.2, 0) is 28.9 Å². The van der Waals surface area contributed by atoms with Gasteiger partial charge in [-0.15, -0.1) is 0 Å². The molecule has 3 N–H and O–H groups in total. The molecule has 1 aliphatic carbocycles. The fraction of sp³-hybridized carbons (Fsp3) is 0.536. The molecule has 1 aliphatic heterocycles. The van der Waals surface area contributed by atoms with E-state index < -0.39 is 12.0 Å². The van der Waals surface area contributed by atoms with Crippen molar-refractivity contribution >= 4 is 17.7 Å². The second kappa shape index (κ2) is 12.8. The number of carboxylic acid groups (broad SMARTS) is 1. The predicted molar refractivity (Wildman–Crippen MR) is 137 cm³/mol. The molecular weight excluding hydrogens is 459 g/mol. The number of fused-ring (bicyclic) bond motifs is 1. The quantitative estimate of drug-likeness (QED) is 0.343. The van der Waals surface area contributed by atoms with Gasteiger partial charge in [0, 0.05) is 31.2 Å². The van der Waals surface area contributed by atoms with Crippen molar-refractivity contribution in [3.8, 4) is 0 Å². The Hall–Kier alpha value is -3.00. The number of pyridine rings is 1. The molecule has 1 aromatic carbocycles. The first-order valence-electron chi connectivity index (χ1n) is 13.2. The van der Waals surface area contributed by atoms with E-state index in [0.29, 0.717) is 25.4 Å². The molecule has 1 aromatic heterocycles. The lowest BCUT2D eigenvalue weighted by atomic mass is 10.1. The summed E-state index contributed by atoms with van der Waals surface area (Å²) < 4.78 is 13.0. The van der Waals surface area contributed by atoms with Crippen LogP contribution in [0.1, 0.15) is 61.8 Å². The number of carbonyl (C=O) groups is 2. The first-order valence-corrected chi connectivity index (χ1v) is 13.2. The fourth-order valence-electron chi connectivity index (χ4n) is 4.77. The van der Waals surface area contributed by atoms with Gasteiger partial charge in [0.25, 0.3) is 0 Å². The molecule has 7 nitrogen and oxygen atoms in total. The molecule has 0 radical (unpaired) electrons. The second-order valence-electron chi connectivity index (χ2n) is 9.94. The number of anilines is 1. The van der Waals surface area contributed by atoms with Gasteiger partial charge in [-0.1, -0.05) is 18.2 Å². The maximum atomic E-state index is 13.0. The van der Waals surface area contributed by atoms with E-state index in [1.165, 1.54) is 17.7 Å². The number of nitrogens with zero attached hydrogens (tertiary/aromatic N) is 2. The predicted octanol–water partition coefficient (Wildman–Crippen LogP) is 3.96. The van der Waals surface area contributed by atoms with Crippen LogP contribution in [0.15, 0.2) is 36.4 Å². The summed E-state index contributed by atoms with van der Waals surface area (Å²) in [6, 6.07) is 9.97. The molecule has 1 amide bonds. The minimum absolute atomic E-state index is 0.175. The van der Waals surface area contributed by atoms with E-state index in [-0.39, 0.29) is 18.1 Å². The zero-order chi connectivity index (χ0) is 25.3. The van der Waals surface area contributed by atoms with Gasteiger partial charge >= 0.3 is 5.97 Å². The highest BCUT2D eigenvalue weighted by molar-refractivity contribution is 5.83. The summed E-state index contributed by atoms with van der Waals surface area (Å²) in [5.41, 5.74) is 3.27. The Morgan fingerprint density at radius 2 is 1.92 bits per heavy atom. The van der Waals surface area contributed by atoms with E-state index in [0.717, 1.165) is 75.1 Å². The van der Waals surface area contributed by atoms with Crippen molar-refractivity contribution in [2.75, 3.05) is 25.0 Å². The summed E-state index contributed by atoms with van der Waals surface area (Å²) in [5.74, 6) is -0.579. The number of carboxylic acids is 1. The lowest BCUT2D eigenvalue weighted by Gasteiger charge is -2.24. The Morgan fingerprint density at radius 1 is 1.11 bits per heavy atom. The molecule has 8 heteroatoms. The number of halogens is 1. The topological polar surface area (TPSA) is 94.6 Å². The Morgan fingerprint density at radius 3 is 2.67 bits per heavy atom. The lowest BCUT2D eigenvalue weighted by molar-refractivity contribution is -0.142. The van der Waals surface area contributed by atoms with Crippen LogP contribution in [0.5, 0.6) is 0 Å². The van der Waals surface area contributed by atoms with E-state index >= 15 is 0 Å². The third kappa shape index (κ3) is 8.01. The molecule has 2 heterocycles. The first kappa shape index (κ1) is 26.1. The largest absolute Gasteiger partial charge is 0.480 e. The molecule has 1 fully saturated rings. The molecule has 2 aliphatic rings. The first-order chi connectivity index (χ1) is 17.5. The van der Waals surface area contributed by atoms with Crippen LogP contribution in [0.4, 0.5) is 10.2 Å². The molecule has 36 heavy (non-hydrogen) atoms. The zero-order valence-electron chi connectivity index (χ0n) is 20.8. The molecule has 0 unspecified atom stereocenters. The molecule has 0 bridgehead atoms. The van der Waals surface area contributed by atoms with Gasteiger partial charge in [0.05, 0.1) is 0 Å². The fourth-order valence-corrected chi connectivity index (χ4v) is 4.77. The second-order valence-corrected chi connectivity index (χ2v) is 9.94. The third-order valence-electron chi connectivity index (χ3n) is 7.04. The van der Waals surface area contributed by atoms with E-state index in [2.05, 4.69) is 27.7 Å². The van der Waals surface area contributed by atoms with Crippen LogP contribution in [-0.4, -0.2) is 58.6 Å². The molecule has 1 saturated carbocycles. The van der Waals surface area contributed by atoms with Crippen molar-refractivity contribution in [3.05, 3.63) is 59.0 Å². The van der Waals surface area contributed by atoms with Crippen LogP contribution < -0.4 is 10.6 Å². The SMILES string of the molecule is O=C(CCc1ccc(F)cc1)N[C@@H](CCN(CCCCc1ccc2c(n1)NCCC2)C1CC1)C(=O)O. The number of hydrogen-bond donors (Lipinski definition) is 3. The van der Waals surface area contributed by atoms with Gasteiger partial charge in [0.15, 0.2) is 0 Å². The smallest absolute Gasteiger partial charge is 0.326 e. The highest BCUT2D eigenvalue weighted by Crippen LogP contribution is 2.27.